The third-order valence-corrected chi connectivity index (χ3v) is 4.92. The van der Waals surface area contributed by atoms with Crippen molar-refractivity contribution >= 4 is 11.9 Å². The maximum Gasteiger partial charge on any atom is 0.307 e. The van der Waals surface area contributed by atoms with Crippen LogP contribution in [0.1, 0.15) is 25.8 Å². The first-order valence-corrected chi connectivity index (χ1v) is 9.28. The number of esters is 1. The Hall–Kier alpha value is -2.12. The first-order valence-electron chi connectivity index (χ1n) is 9.28. The Labute approximate surface area is 161 Å². The maximum absolute atomic E-state index is 12.6. The maximum atomic E-state index is 12.6. The summed E-state index contributed by atoms with van der Waals surface area (Å²) in [4.78, 5) is 28.1. The van der Waals surface area contributed by atoms with Crippen molar-refractivity contribution in [3.05, 3.63) is 29.8 Å². The van der Waals surface area contributed by atoms with Crippen molar-refractivity contribution in [2.75, 3.05) is 40.4 Å². The van der Waals surface area contributed by atoms with Gasteiger partial charge < -0.3 is 19.1 Å². The third-order valence-electron chi connectivity index (χ3n) is 4.92. The average molecular weight is 378 g/mol. The van der Waals surface area contributed by atoms with E-state index in [0.717, 1.165) is 24.4 Å². The standard InChI is InChI=1S/C20H30N2O5/c1-15(12-19(23)26-4)21-8-10-22(11-9-21)20(24)16(2)27-14-17-6-5-7-18(13-17)25-3/h5-7,13,15-16H,8-12,14H2,1-4H3. The number of benzene rings is 1. The number of carbonyl (C=O) groups is 2. The molecule has 1 fully saturated rings. The Morgan fingerprint density at radius 1 is 1.11 bits per heavy atom. The molecule has 1 aromatic rings. The Morgan fingerprint density at radius 3 is 2.44 bits per heavy atom. The zero-order valence-corrected chi connectivity index (χ0v) is 16.6. The molecule has 0 saturated carbocycles. The molecule has 1 saturated heterocycles. The summed E-state index contributed by atoms with van der Waals surface area (Å²) in [7, 11) is 3.02. The monoisotopic (exact) mass is 378 g/mol. The van der Waals surface area contributed by atoms with Crippen LogP contribution in [0.2, 0.25) is 0 Å². The van der Waals surface area contributed by atoms with Gasteiger partial charge in [0.2, 0.25) is 0 Å². The Kier molecular flexibility index (Phi) is 8.06. The van der Waals surface area contributed by atoms with Crippen molar-refractivity contribution in [1.29, 1.82) is 0 Å². The van der Waals surface area contributed by atoms with Crippen molar-refractivity contribution in [3.63, 3.8) is 0 Å². The van der Waals surface area contributed by atoms with Crippen LogP contribution in [0.5, 0.6) is 5.75 Å². The van der Waals surface area contributed by atoms with E-state index in [1.165, 1.54) is 7.11 Å². The van der Waals surface area contributed by atoms with Crippen LogP contribution in [0.3, 0.4) is 0 Å². The third kappa shape index (κ3) is 6.22. The Balaban J connectivity index is 1.78. The number of ether oxygens (including phenoxy) is 3. The van der Waals surface area contributed by atoms with Crippen molar-refractivity contribution in [1.82, 2.24) is 9.80 Å². The molecule has 0 N–H and O–H groups in total. The van der Waals surface area contributed by atoms with Crippen molar-refractivity contribution in [2.45, 2.75) is 39.0 Å². The largest absolute Gasteiger partial charge is 0.497 e. The second-order valence-electron chi connectivity index (χ2n) is 6.80. The molecule has 1 heterocycles. The van der Waals surface area contributed by atoms with E-state index in [0.29, 0.717) is 26.1 Å². The highest BCUT2D eigenvalue weighted by molar-refractivity contribution is 5.80. The highest BCUT2D eigenvalue weighted by Gasteiger charge is 2.28. The Bertz CT molecular complexity index is 629. The normalized spacial score (nSPS) is 17.3. The highest BCUT2D eigenvalue weighted by Crippen LogP contribution is 2.15. The summed E-state index contributed by atoms with van der Waals surface area (Å²) in [5.41, 5.74) is 0.968. The van der Waals surface area contributed by atoms with E-state index in [2.05, 4.69) is 4.90 Å². The van der Waals surface area contributed by atoms with Gasteiger partial charge in [-0.05, 0) is 31.5 Å². The first kappa shape index (κ1) is 21.2. The Morgan fingerprint density at radius 2 is 1.81 bits per heavy atom. The van der Waals surface area contributed by atoms with Gasteiger partial charge in [0.15, 0.2) is 0 Å². The molecule has 27 heavy (non-hydrogen) atoms. The fourth-order valence-electron chi connectivity index (χ4n) is 3.15. The van der Waals surface area contributed by atoms with Gasteiger partial charge >= 0.3 is 5.97 Å². The van der Waals surface area contributed by atoms with Gasteiger partial charge in [-0.15, -0.1) is 0 Å². The number of hydrogen-bond acceptors (Lipinski definition) is 6. The molecule has 0 aromatic heterocycles. The number of nitrogens with zero attached hydrogens (tertiary/aromatic N) is 2. The molecule has 7 heteroatoms. The van der Waals surface area contributed by atoms with Crippen molar-refractivity contribution in [3.8, 4) is 5.75 Å². The summed E-state index contributed by atoms with van der Waals surface area (Å²) in [6, 6.07) is 7.73. The van der Waals surface area contributed by atoms with Crippen LogP contribution in [-0.2, 0) is 25.7 Å². The first-order chi connectivity index (χ1) is 12.9. The number of carbonyl (C=O) groups excluding carboxylic acids is 2. The molecule has 1 amide bonds. The van der Waals surface area contributed by atoms with Gasteiger partial charge in [0.05, 0.1) is 27.2 Å². The molecule has 2 atom stereocenters. The van der Waals surface area contributed by atoms with Gasteiger partial charge in [0, 0.05) is 32.2 Å². The fraction of sp³-hybridized carbons (Fsp3) is 0.600. The van der Waals surface area contributed by atoms with Gasteiger partial charge in [-0.1, -0.05) is 12.1 Å². The fourth-order valence-corrected chi connectivity index (χ4v) is 3.15. The molecular weight excluding hydrogens is 348 g/mol. The summed E-state index contributed by atoms with van der Waals surface area (Å²) in [5, 5.41) is 0. The molecule has 2 rings (SSSR count). The van der Waals surface area contributed by atoms with Crippen LogP contribution < -0.4 is 4.74 Å². The second-order valence-corrected chi connectivity index (χ2v) is 6.80. The van der Waals surface area contributed by atoms with Gasteiger partial charge in [-0.2, -0.15) is 0 Å². The van der Waals surface area contributed by atoms with E-state index in [4.69, 9.17) is 14.2 Å². The van der Waals surface area contributed by atoms with Gasteiger partial charge in [-0.25, -0.2) is 0 Å². The molecule has 1 aliphatic rings. The van der Waals surface area contributed by atoms with Gasteiger partial charge in [0.25, 0.3) is 5.91 Å². The van der Waals surface area contributed by atoms with Gasteiger partial charge in [0.1, 0.15) is 11.9 Å². The lowest BCUT2D eigenvalue weighted by Crippen LogP contribution is -2.53. The number of rotatable bonds is 8. The van der Waals surface area contributed by atoms with Crippen LogP contribution >= 0.6 is 0 Å². The smallest absolute Gasteiger partial charge is 0.307 e. The molecule has 2 unspecified atom stereocenters. The number of amides is 1. The van der Waals surface area contributed by atoms with Crippen LogP contribution in [0.25, 0.3) is 0 Å². The summed E-state index contributed by atoms with van der Waals surface area (Å²) < 4.78 is 15.7. The number of hydrogen-bond donors (Lipinski definition) is 0. The summed E-state index contributed by atoms with van der Waals surface area (Å²) in [6.45, 7) is 6.91. The van der Waals surface area contributed by atoms with Gasteiger partial charge in [-0.3, -0.25) is 14.5 Å². The second kappa shape index (κ2) is 10.3. The highest BCUT2D eigenvalue weighted by atomic mass is 16.5. The molecular formula is C20H30N2O5. The average Bonchev–Trinajstić information content (AvgIpc) is 2.71. The molecule has 1 aliphatic heterocycles. The van der Waals surface area contributed by atoms with Crippen LogP contribution in [0.4, 0.5) is 0 Å². The van der Waals surface area contributed by atoms with E-state index >= 15 is 0 Å². The minimum Gasteiger partial charge on any atom is -0.497 e. The number of piperazine rings is 1. The lowest BCUT2D eigenvalue weighted by Gasteiger charge is -2.38. The molecule has 0 bridgehead atoms. The summed E-state index contributed by atoms with van der Waals surface area (Å²) >= 11 is 0. The predicted octanol–water partition coefficient (Wildman–Crippen LogP) is 1.70. The lowest BCUT2D eigenvalue weighted by molar-refractivity contribution is -0.147. The molecule has 0 aliphatic carbocycles. The van der Waals surface area contributed by atoms with E-state index in [9.17, 15) is 9.59 Å². The van der Waals surface area contributed by atoms with Crippen molar-refractivity contribution < 1.29 is 23.8 Å². The SMILES string of the molecule is COC(=O)CC(C)N1CCN(C(=O)C(C)OCc2cccc(OC)c2)CC1. The molecule has 7 nitrogen and oxygen atoms in total. The number of methoxy groups -OCH3 is 2. The topological polar surface area (TPSA) is 68.3 Å². The lowest BCUT2D eigenvalue weighted by atomic mass is 10.1. The predicted molar refractivity (Wildman–Crippen MR) is 101 cm³/mol. The van der Waals surface area contributed by atoms with E-state index in [-0.39, 0.29) is 17.9 Å². The molecule has 1 aromatic carbocycles. The van der Waals surface area contributed by atoms with E-state index in [1.54, 1.807) is 14.0 Å². The van der Waals surface area contributed by atoms with Crippen LogP contribution in [0, 0.1) is 0 Å². The zero-order chi connectivity index (χ0) is 19.8. The zero-order valence-electron chi connectivity index (χ0n) is 16.6. The molecule has 150 valence electrons. The van der Waals surface area contributed by atoms with Crippen LogP contribution in [-0.4, -0.2) is 74.2 Å². The van der Waals surface area contributed by atoms with E-state index in [1.807, 2.05) is 36.1 Å². The summed E-state index contributed by atoms with van der Waals surface area (Å²) in [6.07, 6.45) is -0.139. The molecule has 0 spiro atoms. The minimum atomic E-state index is -0.504. The molecule has 0 radical (unpaired) electrons. The minimum absolute atomic E-state index is 0.00170. The summed E-state index contributed by atoms with van der Waals surface area (Å²) in [5.74, 6) is 0.561. The quantitative estimate of drug-likeness (QED) is 0.642. The van der Waals surface area contributed by atoms with Crippen molar-refractivity contribution in [2.24, 2.45) is 0 Å². The van der Waals surface area contributed by atoms with E-state index < -0.39 is 6.10 Å². The van der Waals surface area contributed by atoms with Crippen LogP contribution in [0.15, 0.2) is 24.3 Å².